The second kappa shape index (κ2) is 10.5. The molecule has 2 amide bonds. The highest BCUT2D eigenvalue weighted by atomic mass is 16.5. The second-order valence-corrected chi connectivity index (χ2v) is 7.27. The Morgan fingerprint density at radius 3 is 2.62 bits per heavy atom. The van der Waals surface area contributed by atoms with Crippen molar-refractivity contribution < 1.29 is 32.7 Å². The van der Waals surface area contributed by atoms with Crippen LogP contribution in [0.2, 0.25) is 0 Å². The van der Waals surface area contributed by atoms with E-state index in [0.717, 1.165) is 0 Å². The van der Waals surface area contributed by atoms with Crippen LogP contribution in [-0.4, -0.2) is 48.3 Å². The molecule has 10 nitrogen and oxygen atoms in total. The predicted molar refractivity (Wildman–Crippen MR) is 119 cm³/mol. The maximum atomic E-state index is 12.8. The number of amides is 2. The first-order valence-electron chi connectivity index (χ1n) is 10.7. The number of ether oxygens (including phenoxy) is 2. The van der Waals surface area contributed by atoms with Crippen molar-refractivity contribution in [2.45, 2.75) is 19.4 Å². The van der Waals surface area contributed by atoms with Crippen LogP contribution >= 0.6 is 0 Å². The Labute approximate surface area is 195 Å². The Bertz CT molecular complexity index is 1170. The molecule has 0 spiro atoms. The highest BCUT2D eigenvalue weighted by molar-refractivity contribution is 6.01. The second-order valence-electron chi connectivity index (χ2n) is 7.27. The lowest BCUT2D eigenvalue weighted by Crippen LogP contribution is -2.34. The third-order valence-corrected chi connectivity index (χ3v) is 5.02. The van der Waals surface area contributed by atoms with Gasteiger partial charge in [-0.25, -0.2) is 5.01 Å². The van der Waals surface area contributed by atoms with Crippen molar-refractivity contribution in [1.29, 1.82) is 0 Å². The zero-order valence-corrected chi connectivity index (χ0v) is 18.4. The lowest BCUT2D eigenvalue weighted by molar-refractivity contribution is -0.152. The van der Waals surface area contributed by atoms with Gasteiger partial charge in [0.25, 0.3) is 11.8 Å². The van der Waals surface area contributed by atoms with Crippen LogP contribution in [0.1, 0.15) is 41.3 Å². The van der Waals surface area contributed by atoms with Gasteiger partial charge in [0.15, 0.2) is 6.61 Å². The van der Waals surface area contributed by atoms with Gasteiger partial charge in [-0.1, -0.05) is 12.1 Å². The van der Waals surface area contributed by atoms with Gasteiger partial charge in [0.05, 0.1) is 24.7 Å². The number of rotatable bonds is 9. The molecule has 3 aromatic rings. The number of carbonyl (C=O) groups is 3. The first-order valence-corrected chi connectivity index (χ1v) is 10.7. The molecule has 0 aliphatic carbocycles. The standard InChI is InChI=1S/C24H23N3O7/c1-2-31-19-8-4-3-7-16(19)24(30)25-14-23(29)34-15-22(28)27-18(21-10-6-12-33-21)13-17(26-27)20-9-5-11-32-20/h3-12,18H,2,13-15H2,1H3,(H,25,30). The Hall–Kier alpha value is -4.34. The summed E-state index contributed by atoms with van der Waals surface area (Å²) >= 11 is 0. The van der Waals surface area contributed by atoms with Crippen molar-refractivity contribution >= 4 is 23.5 Å². The van der Waals surface area contributed by atoms with Gasteiger partial charge in [-0.3, -0.25) is 14.4 Å². The van der Waals surface area contributed by atoms with E-state index < -0.39 is 37.0 Å². The van der Waals surface area contributed by atoms with E-state index in [4.69, 9.17) is 18.3 Å². The van der Waals surface area contributed by atoms with E-state index in [1.54, 1.807) is 48.5 Å². The van der Waals surface area contributed by atoms with Crippen molar-refractivity contribution in [1.82, 2.24) is 10.3 Å². The van der Waals surface area contributed by atoms with Crippen molar-refractivity contribution in [2.75, 3.05) is 19.8 Å². The number of furan rings is 2. The van der Waals surface area contributed by atoms with Gasteiger partial charge in [-0.2, -0.15) is 5.10 Å². The van der Waals surface area contributed by atoms with E-state index in [0.29, 0.717) is 41.6 Å². The highest BCUT2D eigenvalue weighted by Crippen LogP contribution is 2.33. The van der Waals surface area contributed by atoms with Gasteiger partial charge in [0.1, 0.15) is 35.6 Å². The number of nitrogens with zero attached hydrogens (tertiary/aromatic N) is 2. The van der Waals surface area contributed by atoms with E-state index in [9.17, 15) is 14.4 Å². The van der Waals surface area contributed by atoms with Crippen LogP contribution in [-0.2, 0) is 14.3 Å². The maximum absolute atomic E-state index is 12.8. The van der Waals surface area contributed by atoms with Crippen LogP contribution in [0.4, 0.5) is 0 Å². The fourth-order valence-corrected chi connectivity index (χ4v) is 3.48. The molecule has 176 valence electrons. The summed E-state index contributed by atoms with van der Waals surface area (Å²) in [6, 6.07) is 13.1. The van der Waals surface area contributed by atoms with Crippen LogP contribution in [0.3, 0.4) is 0 Å². The summed E-state index contributed by atoms with van der Waals surface area (Å²) in [6.07, 6.45) is 3.42. The quantitative estimate of drug-likeness (QED) is 0.482. The normalized spacial score (nSPS) is 15.0. The summed E-state index contributed by atoms with van der Waals surface area (Å²) in [4.78, 5) is 37.4. The number of nitrogens with one attached hydrogen (secondary N) is 1. The Balaban J connectivity index is 1.34. The average Bonchev–Trinajstić information content (AvgIpc) is 3.62. The summed E-state index contributed by atoms with van der Waals surface area (Å²) in [5, 5.41) is 8.06. The third kappa shape index (κ3) is 5.17. The zero-order chi connectivity index (χ0) is 23.9. The van der Waals surface area contributed by atoms with Gasteiger partial charge in [0.2, 0.25) is 0 Å². The van der Waals surface area contributed by atoms with E-state index in [2.05, 4.69) is 10.4 Å². The van der Waals surface area contributed by atoms with E-state index in [1.807, 2.05) is 6.92 Å². The number of benzene rings is 1. The molecule has 1 aromatic carbocycles. The molecule has 0 saturated carbocycles. The Kier molecular flexibility index (Phi) is 7.07. The topological polar surface area (TPSA) is 124 Å². The summed E-state index contributed by atoms with van der Waals surface area (Å²) in [6.45, 7) is 1.25. The minimum atomic E-state index is -0.764. The summed E-state index contributed by atoms with van der Waals surface area (Å²) in [5.74, 6) is -0.292. The van der Waals surface area contributed by atoms with Crippen LogP contribution in [0.5, 0.6) is 5.75 Å². The van der Waals surface area contributed by atoms with Crippen molar-refractivity contribution in [3.63, 3.8) is 0 Å². The molecule has 1 aliphatic rings. The maximum Gasteiger partial charge on any atom is 0.325 e. The molecule has 0 radical (unpaired) electrons. The fourth-order valence-electron chi connectivity index (χ4n) is 3.48. The molecule has 0 bridgehead atoms. The smallest absolute Gasteiger partial charge is 0.325 e. The first-order chi connectivity index (χ1) is 16.6. The fraction of sp³-hybridized carbons (Fsp3) is 0.250. The van der Waals surface area contributed by atoms with Crippen LogP contribution in [0.15, 0.2) is 75.0 Å². The first kappa shape index (κ1) is 22.8. The summed E-state index contributed by atoms with van der Waals surface area (Å²) in [5.41, 5.74) is 0.873. The minimum absolute atomic E-state index is 0.298. The van der Waals surface area contributed by atoms with E-state index in [1.165, 1.54) is 17.5 Å². The molecular weight excluding hydrogens is 442 g/mol. The molecule has 1 aliphatic heterocycles. The lowest BCUT2D eigenvalue weighted by atomic mass is 10.1. The van der Waals surface area contributed by atoms with Crippen molar-refractivity contribution in [2.24, 2.45) is 5.10 Å². The lowest BCUT2D eigenvalue weighted by Gasteiger charge is -2.19. The third-order valence-electron chi connectivity index (χ3n) is 5.02. The number of carbonyl (C=O) groups excluding carboxylic acids is 3. The number of para-hydroxylation sites is 1. The number of hydrazone groups is 1. The molecule has 0 saturated heterocycles. The largest absolute Gasteiger partial charge is 0.493 e. The SMILES string of the molecule is CCOc1ccccc1C(=O)NCC(=O)OCC(=O)N1N=C(c2ccco2)CC1c1ccco1. The zero-order valence-electron chi connectivity index (χ0n) is 18.4. The van der Waals surface area contributed by atoms with E-state index >= 15 is 0 Å². The predicted octanol–water partition coefficient (Wildman–Crippen LogP) is 2.92. The molecular formula is C24H23N3O7. The monoisotopic (exact) mass is 465 g/mol. The van der Waals surface area contributed by atoms with Crippen molar-refractivity contribution in [3.05, 3.63) is 78.1 Å². The molecule has 3 heterocycles. The molecule has 34 heavy (non-hydrogen) atoms. The number of hydrogen-bond donors (Lipinski definition) is 1. The molecule has 4 rings (SSSR count). The summed E-state index contributed by atoms with van der Waals surface area (Å²) < 4.78 is 21.3. The Morgan fingerprint density at radius 2 is 1.88 bits per heavy atom. The summed E-state index contributed by atoms with van der Waals surface area (Å²) in [7, 11) is 0. The molecule has 2 aromatic heterocycles. The van der Waals surface area contributed by atoms with Crippen molar-refractivity contribution in [3.8, 4) is 5.75 Å². The number of hydrogen-bond acceptors (Lipinski definition) is 8. The highest BCUT2D eigenvalue weighted by Gasteiger charge is 2.36. The van der Waals surface area contributed by atoms with Crippen LogP contribution in [0, 0.1) is 0 Å². The molecule has 1 atom stereocenters. The van der Waals surface area contributed by atoms with Crippen LogP contribution < -0.4 is 10.1 Å². The van der Waals surface area contributed by atoms with Gasteiger partial charge < -0.3 is 23.6 Å². The van der Waals surface area contributed by atoms with Gasteiger partial charge in [-0.05, 0) is 43.3 Å². The Morgan fingerprint density at radius 1 is 1.09 bits per heavy atom. The van der Waals surface area contributed by atoms with Gasteiger partial charge >= 0.3 is 5.97 Å². The minimum Gasteiger partial charge on any atom is -0.493 e. The molecule has 10 heteroatoms. The molecule has 1 N–H and O–H groups in total. The average molecular weight is 465 g/mol. The van der Waals surface area contributed by atoms with Gasteiger partial charge in [-0.15, -0.1) is 0 Å². The molecule has 0 fully saturated rings. The molecule has 1 unspecified atom stereocenters. The van der Waals surface area contributed by atoms with Crippen LogP contribution in [0.25, 0.3) is 0 Å². The van der Waals surface area contributed by atoms with Gasteiger partial charge in [0, 0.05) is 6.42 Å². The van der Waals surface area contributed by atoms with E-state index in [-0.39, 0.29) is 0 Å². The number of esters is 1.